The lowest BCUT2D eigenvalue weighted by Gasteiger charge is -1.91. The zero-order chi connectivity index (χ0) is 12.3. The first-order valence-electron chi connectivity index (χ1n) is 6.14. The molecule has 0 aliphatic carbocycles. The van der Waals surface area contributed by atoms with Crippen molar-refractivity contribution in [2.45, 2.75) is 27.2 Å². The maximum Gasteiger partial charge on any atom is 0.138 e. The van der Waals surface area contributed by atoms with Crippen LogP contribution < -0.4 is 0 Å². The third-order valence-electron chi connectivity index (χ3n) is 2.60. The summed E-state index contributed by atoms with van der Waals surface area (Å²) in [6, 6.07) is 14.4. The van der Waals surface area contributed by atoms with E-state index in [1.54, 1.807) is 0 Å². The zero-order valence-electron chi connectivity index (χ0n) is 10.7. The van der Waals surface area contributed by atoms with Gasteiger partial charge >= 0.3 is 0 Å². The van der Waals surface area contributed by atoms with Crippen molar-refractivity contribution in [3.8, 4) is 0 Å². The summed E-state index contributed by atoms with van der Waals surface area (Å²) in [4.78, 5) is 0. The van der Waals surface area contributed by atoms with Gasteiger partial charge in [0, 0.05) is 10.8 Å². The summed E-state index contributed by atoms with van der Waals surface area (Å²) in [6.45, 7) is 6.32. The van der Waals surface area contributed by atoms with Gasteiger partial charge in [-0.2, -0.15) is 0 Å². The van der Waals surface area contributed by atoms with Crippen molar-refractivity contribution in [2.75, 3.05) is 0 Å². The van der Waals surface area contributed by atoms with E-state index in [9.17, 15) is 0 Å². The third-order valence-corrected chi connectivity index (χ3v) is 2.60. The van der Waals surface area contributed by atoms with Crippen LogP contribution in [0.4, 0.5) is 0 Å². The molecule has 0 N–H and O–H groups in total. The summed E-state index contributed by atoms with van der Waals surface area (Å²) < 4.78 is 5.78. The monoisotopic (exact) mass is 226 g/mol. The van der Waals surface area contributed by atoms with Gasteiger partial charge < -0.3 is 4.42 Å². The smallest absolute Gasteiger partial charge is 0.138 e. The van der Waals surface area contributed by atoms with E-state index in [1.807, 2.05) is 18.2 Å². The number of hydrogen-bond acceptors (Lipinski definition) is 1. The summed E-state index contributed by atoms with van der Waals surface area (Å²) in [5.74, 6) is 0. The van der Waals surface area contributed by atoms with Crippen LogP contribution in [0.1, 0.15) is 25.8 Å². The van der Waals surface area contributed by atoms with Crippen molar-refractivity contribution in [3.05, 3.63) is 48.0 Å². The topological polar surface area (TPSA) is 13.1 Å². The van der Waals surface area contributed by atoms with E-state index in [0.29, 0.717) is 0 Å². The molecule has 0 bridgehead atoms. The molecule has 17 heavy (non-hydrogen) atoms. The molecule has 1 heteroatoms. The fourth-order valence-electron chi connectivity index (χ4n) is 1.89. The van der Waals surface area contributed by atoms with E-state index >= 15 is 0 Å². The summed E-state index contributed by atoms with van der Waals surface area (Å²) in [7, 11) is 0. The van der Waals surface area contributed by atoms with Gasteiger partial charge in [0.1, 0.15) is 11.2 Å². The van der Waals surface area contributed by atoms with Crippen LogP contribution in [0.25, 0.3) is 21.9 Å². The van der Waals surface area contributed by atoms with Crippen LogP contribution in [0.5, 0.6) is 0 Å². The van der Waals surface area contributed by atoms with E-state index in [2.05, 4.69) is 45.0 Å². The van der Waals surface area contributed by atoms with Crippen LogP contribution in [-0.2, 0) is 0 Å². The second-order valence-corrected chi connectivity index (χ2v) is 4.26. The zero-order valence-corrected chi connectivity index (χ0v) is 10.7. The van der Waals surface area contributed by atoms with Crippen molar-refractivity contribution in [1.82, 2.24) is 0 Å². The molecule has 0 radical (unpaired) electrons. The Morgan fingerprint density at radius 1 is 0.882 bits per heavy atom. The minimum Gasteiger partial charge on any atom is -0.456 e. The van der Waals surface area contributed by atoms with Crippen LogP contribution in [-0.4, -0.2) is 0 Å². The van der Waals surface area contributed by atoms with Gasteiger partial charge in [0.25, 0.3) is 0 Å². The first-order chi connectivity index (χ1) is 8.27. The largest absolute Gasteiger partial charge is 0.456 e. The van der Waals surface area contributed by atoms with Crippen molar-refractivity contribution >= 4 is 21.9 Å². The molecule has 0 aliphatic heterocycles. The molecule has 3 rings (SSSR count). The van der Waals surface area contributed by atoms with Crippen LogP contribution in [0, 0.1) is 6.92 Å². The molecule has 0 saturated carbocycles. The first kappa shape index (κ1) is 11.7. The lowest BCUT2D eigenvalue weighted by molar-refractivity contribution is 0.666. The maximum absolute atomic E-state index is 5.78. The van der Waals surface area contributed by atoms with Gasteiger partial charge in [0.15, 0.2) is 0 Å². The quantitative estimate of drug-likeness (QED) is 0.506. The molecule has 0 aliphatic rings. The van der Waals surface area contributed by atoms with Crippen LogP contribution in [0.15, 0.2) is 46.9 Å². The lowest BCUT2D eigenvalue weighted by atomic mass is 10.1. The number of benzene rings is 2. The molecule has 0 amide bonds. The van der Waals surface area contributed by atoms with Crippen molar-refractivity contribution < 1.29 is 4.42 Å². The highest BCUT2D eigenvalue weighted by Crippen LogP contribution is 2.29. The molecule has 0 saturated heterocycles. The number of para-hydroxylation sites is 2. The molecular weight excluding hydrogens is 208 g/mol. The Balaban J connectivity index is 0.000000329. The second-order valence-electron chi connectivity index (χ2n) is 4.26. The highest BCUT2D eigenvalue weighted by molar-refractivity contribution is 6.05. The number of furan rings is 1. The Morgan fingerprint density at radius 3 is 2.29 bits per heavy atom. The van der Waals surface area contributed by atoms with Crippen molar-refractivity contribution in [1.29, 1.82) is 0 Å². The van der Waals surface area contributed by atoms with Gasteiger partial charge in [0.05, 0.1) is 0 Å². The lowest BCUT2D eigenvalue weighted by Crippen LogP contribution is -1.70. The average molecular weight is 226 g/mol. The molecule has 0 fully saturated rings. The normalized spacial score (nSPS) is 10.3. The Hall–Kier alpha value is -1.76. The maximum atomic E-state index is 5.78. The number of hydrogen-bond donors (Lipinski definition) is 0. The fraction of sp³-hybridized carbons (Fsp3) is 0.250. The summed E-state index contributed by atoms with van der Waals surface area (Å²) in [5, 5.41) is 2.41. The van der Waals surface area contributed by atoms with E-state index < -0.39 is 0 Å². The molecule has 88 valence electrons. The van der Waals surface area contributed by atoms with Crippen LogP contribution in [0.2, 0.25) is 0 Å². The standard InChI is InChI=1S/C13H10O.C3H8/c1-9-5-4-7-11-10-6-2-3-8-12(10)14-13(9)11;1-3-2/h2-8H,1H3;3H2,1-2H3. The SMILES string of the molecule is CCC.Cc1cccc2c1oc1ccccc12. The van der Waals surface area contributed by atoms with Crippen molar-refractivity contribution in [3.63, 3.8) is 0 Å². The molecule has 0 unspecified atom stereocenters. The Labute approximate surface area is 102 Å². The molecule has 1 heterocycles. The Kier molecular flexibility index (Phi) is 3.48. The van der Waals surface area contributed by atoms with E-state index in [-0.39, 0.29) is 0 Å². The molecule has 2 aromatic carbocycles. The number of aryl methyl sites for hydroxylation is 1. The minimum atomic E-state index is 0.969. The van der Waals surface area contributed by atoms with Crippen LogP contribution in [0.3, 0.4) is 0 Å². The summed E-state index contributed by atoms with van der Waals surface area (Å²) in [5.41, 5.74) is 3.17. The fourth-order valence-corrected chi connectivity index (χ4v) is 1.89. The second kappa shape index (κ2) is 5.05. The Bertz CT molecular complexity index is 620. The van der Waals surface area contributed by atoms with E-state index in [1.165, 1.54) is 22.8 Å². The molecule has 0 atom stereocenters. The molecular formula is C16H18O. The first-order valence-corrected chi connectivity index (χ1v) is 6.14. The minimum absolute atomic E-state index is 0.969. The summed E-state index contributed by atoms with van der Waals surface area (Å²) in [6.07, 6.45) is 1.25. The highest BCUT2D eigenvalue weighted by atomic mass is 16.3. The number of fused-ring (bicyclic) bond motifs is 3. The average Bonchev–Trinajstić information content (AvgIpc) is 2.71. The van der Waals surface area contributed by atoms with Gasteiger partial charge in [-0.1, -0.05) is 56.7 Å². The Morgan fingerprint density at radius 2 is 1.53 bits per heavy atom. The van der Waals surface area contributed by atoms with Gasteiger partial charge in [-0.15, -0.1) is 0 Å². The van der Waals surface area contributed by atoms with Gasteiger partial charge in [-0.25, -0.2) is 0 Å². The number of rotatable bonds is 0. The summed E-state index contributed by atoms with van der Waals surface area (Å²) >= 11 is 0. The van der Waals surface area contributed by atoms with Gasteiger partial charge in [-0.3, -0.25) is 0 Å². The molecule has 3 aromatic rings. The van der Waals surface area contributed by atoms with E-state index in [4.69, 9.17) is 4.42 Å². The predicted octanol–water partition coefficient (Wildman–Crippen LogP) is 5.31. The van der Waals surface area contributed by atoms with Gasteiger partial charge in [0.2, 0.25) is 0 Å². The third kappa shape index (κ3) is 2.19. The molecule has 0 spiro atoms. The van der Waals surface area contributed by atoms with Crippen molar-refractivity contribution in [2.24, 2.45) is 0 Å². The highest BCUT2D eigenvalue weighted by Gasteiger charge is 2.06. The molecule has 1 nitrogen and oxygen atoms in total. The predicted molar refractivity (Wildman–Crippen MR) is 74.4 cm³/mol. The van der Waals surface area contributed by atoms with Gasteiger partial charge in [-0.05, 0) is 18.6 Å². The van der Waals surface area contributed by atoms with Crippen LogP contribution >= 0.6 is 0 Å². The van der Waals surface area contributed by atoms with E-state index in [0.717, 1.165) is 11.2 Å². The molecule has 1 aromatic heterocycles.